The molecule has 4 aliphatic heterocycles. The van der Waals surface area contributed by atoms with Crippen LogP contribution in [0.15, 0.2) is 42.7 Å². The molecule has 4 heteroatoms. The van der Waals surface area contributed by atoms with E-state index in [9.17, 15) is 4.79 Å². The molecule has 1 amide bonds. The number of amides is 1. The molecule has 0 saturated carbocycles. The molecule has 0 spiro atoms. The minimum Gasteiger partial charge on any atom is -0.330 e. The number of nitrogens with zero attached hydrogens (tertiary/aromatic N) is 3. The number of fused-ring (bicyclic) bond motifs is 4. The maximum absolute atomic E-state index is 13.1. The summed E-state index contributed by atoms with van der Waals surface area (Å²) in [4.78, 5) is 21.8. The summed E-state index contributed by atoms with van der Waals surface area (Å²) in [6.45, 7) is 4.26. The van der Waals surface area contributed by atoms with Crippen molar-refractivity contribution in [3.8, 4) is 11.1 Å². The van der Waals surface area contributed by atoms with Gasteiger partial charge in [0.25, 0.3) is 5.91 Å². The Morgan fingerprint density at radius 3 is 2.50 bits per heavy atom. The molecule has 2 bridgehead atoms. The topological polar surface area (TPSA) is 36.4 Å². The Morgan fingerprint density at radius 1 is 1.00 bits per heavy atom. The molecule has 3 saturated heterocycles. The summed E-state index contributed by atoms with van der Waals surface area (Å²) in [5.41, 5.74) is 4.28. The molecule has 0 N–H and O–H groups in total. The molecule has 4 nitrogen and oxygen atoms in total. The number of hydrogen-bond acceptors (Lipinski definition) is 3. The van der Waals surface area contributed by atoms with Crippen LogP contribution >= 0.6 is 0 Å². The zero-order valence-electron chi connectivity index (χ0n) is 13.7. The highest BCUT2D eigenvalue weighted by atomic mass is 16.2. The van der Waals surface area contributed by atoms with Gasteiger partial charge in [0.1, 0.15) is 0 Å². The summed E-state index contributed by atoms with van der Waals surface area (Å²) in [7, 11) is 0. The van der Waals surface area contributed by atoms with Gasteiger partial charge in [-0.2, -0.15) is 0 Å². The van der Waals surface area contributed by atoms with Crippen molar-refractivity contribution in [1.82, 2.24) is 14.8 Å². The van der Waals surface area contributed by atoms with Crippen molar-refractivity contribution >= 4 is 5.91 Å². The summed E-state index contributed by atoms with van der Waals surface area (Å²) in [5.74, 6) is 0.910. The van der Waals surface area contributed by atoms with Crippen molar-refractivity contribution in [2.45, 2.75) is 25.4 Å². The van der Waals surface area contributed by atoms with Gasteiger partial charge in [-0.25, -0.2) is 0 Å². The number of carbonyl (C=O) groups excluding carboxylic acids is 1. The molecule has 122 valence electrons. The fourth-order valence-electron chi connectivity index (χ4n) is 4.60. The first kappa shape index (κ1) is 14.2. The fourth-order valence-corrected chi connectivity index (χ4v) is 4.60. The van der Waals surface area contributed by atoms with Crippen molar-refractivity contribution < 1.29 is 4.79 Å². The first-order valence-electron chi connectivity index (χ1n) is 8.86. The van der Waals surface area contributed by atoms with Crippen LogP contribution in [0.3, 0.4) is 0 Å². The van der Waals surface area contributed by atoms with Gasteiger partial charge in [0.05, 0.1) is 0 Å². The van der Waals surface area contributed by atoms with Gasteiger partial charge in [-0.15, -0.1) is 0 Å². The van der Waals surface area contributed by atoms with Crippen LogP contribution in [0.4, 0.5) is 0 Å². The van der Waals surface area contributed by atoms with Gasteiger partial charge in [-0.3, -0.25) is 9.78 Å². The molecule has 1 unspecified atom stereocenters. The van der Waals surface area contributed by atoms with Gasteiger partial charge < -0.3 is 9.80 Å². The van der Waals surface area contributed by atoms with Crippen LogP contribution in [-0.2, 0) is 6.54 Å². The maximum Gasteiger partial charge on any atom is 0.254 e. The monoisotopic (exact) mass is 319 g/mol. The van der Waals surface area contributed by atoms with Crippen molar-refractivity contribution in [2.24, 2.45) is 5.92 Å². The SMILES string of the molecule is O=C1c2cc(-c3ccncc3)ccc2CN1C1CN2CCC1CC2. The molecule has 4 aliphatic rings. The third kappa shape index (κ3) is 2.17. The Balaban J connectivity index is 1.45. The number of pyridine rings is 1. The van der Waals surface area contributed by atoms with Crippen LogP contribution < -0.4 is 0 Å². The summed E-state index contributed by atoms with van der Waals surface area (Å²) < 4.78 is 0. The summed E-state index contributed by atoms with van der Waals surface area (Å²) in [6.07, 6.45) is 6.08. The van der Waals surface area contributed by atoms with E-state index in [0.717, 1.165) is 29.8 Å². The van der Waals surface area contributed by atoms with Crippen LogP contribution in [0.5, 0.6) is 0 Å². The van der Waals surface area contributed by atoms with E-state index in [1.165, 1.54) is 31.5 Å². The number of hydrogen-bond donors (Lipinski definition) is 0. The first-order valence-corrected chi connectivity index (χ1v) is 8.86. The van der Waals surface area contributed by atoms with Gasteiger partial charge in [0, 0.05) is 37.1 Å². The molecule has 5 heterocycles. The van der Waals surface area contributed by atoms with Crippen LogP contribution in [0.1, 0.15) is 28.8 Å². The lowest BCUT2D eigenvalue weighted by molar-refractivity contribution is 0.00846. The van der Waals surface area contributed by atoms with E-state index in [1.54, 1.807) is 12.4 Å². The van der Waals surface area contributed by atoms with Crippen molar-refractivity contribution in [3.63, 3.8) is 0 Å². The minimum absolute atomic E-state index is 0.222. The van der Waals surface area contributed by atoms with Crippen LogP contribution in [0.2, 0.25) is 0 Å². The Labute approximate surface area is 142 Å². The highest BCUT2D eigenvalue weighted by molar-refractivity contribution is 5.99. The quantitative estimate of drug-likeness (QED) is 0.854. The molecule has 1 aromatic heterocycles. The summed E-state index contributed by atoms with van der Waals surface area (Å²) >= 11 is 0. The standard InChI is InChI=1S/C20H21N3O/c24-20-18-11-16(14-3-7-21-8-4-14)1-2-17(18)12-23(20)19-13-22-9-5-15(19)6-10-22/h1-4,7-8,11,15,19H,5-6,9-10,12-13H2. The molecule has 2 aromatic rings. The average Bonchev–Trinajstić information content (AvgIpc) is 2.99. The first-order chi connectivity index (χ1) is 11.8. The lowest BCUT2D eigenvalue weighted by Crippen LogP contribution is -2.57. The summed E-state index contributed by atoms with van der Waals surface area (Å²) in [5, 5.41) is 0. The molecular formula is C20H21N3O. The Bertz CT molecular complexity index is 781. The average molecular weight is 319 g/mol. The van der Waals surface area contributed by atoms with E-state index in [4.69, 9.17) is 0 Å². The smallest absolute Gasteiger partial charge is 0.254 e. The fraction of sp³-hybridized carbons (Fsp3) is 0.400. The molecule has 0 radical (unpaired) electrons. The summed E-state index contributed by atoms with van der Waals surface area (Å²) in [6, 6.07) is 10.7. The number of aromatic nitrogens is 1. The van der Waals surface area contributed by atoms with Crippen LogP contribution in [-0.4, -0.2) is 46.4 Å². The lowest BCUT2D eigenvalue weighted by Gasteiger charge is -2.48. The molecular weight excluding hydrogens is 298 g/mol. The maximum atomic E-state index is 13.1. The van der Waals surface area contributed by atoms with E-state index in [-0.39, 0.29) is 5.91 Å². The number of carbonyl (C=O) groups is 1. The number of rotatable bonds is 2. The van der Waals surface area contributed by atoms with E-state index in [0.29, 0.717) is 12.0 Å². The van der Waals surface area contributed by atoms with Gasteiger partial charge in [-0.05, 0) is 66.7 Å². The minimum atomic E-state index is 0.222. The zero-order valence-corrected chi connectivity index (χ0v) is 13.7. The predicted molar refractivity (Wildman–Crippen MR) is 92.5 cm³/mol. The van der Waals surface area contributed by atoms with E-state index in [2.05, 4.69) is 33.0 Å². The molecule has 24 heavy (non-hydrogen) atoms. The van der Waals surface area contributed by atoms with Gasteiger partial charge >= 0.3 is 0 Å². The third-order valence-corrected chi connectivity index (χ3v) is 5.98. The second kappa shape index (κ2) is 5.42. The van der Waals surface area contributed by atoms with Crippen LogP contribution in [0, 0.1) is 5.92 Å². The predicted octanol–water partition coefficient (Wildman–Crippen LogP) is 2.80. The van der Waals surface area contributed by atoms with Crippen LogP contribution in [0.25, 0.3) is 11.1 Å². The van der Waals surface area contributed by atoms with Gasteiger partial charge in [0.15, 0.2) is 0 Å². The van der Waals surface area contributed by atoms with E-state index in [1.807, 2.05) is 12.1 Å². The largest absolute Gasteiger partial charge is 0.330 e. The number of piperidine rings is 3. The van der Waals surface area contributed by atoms with Crippen molar-refractivity contribution in [2.75, 3.05) is 19.6 Å². The normalized spacial score (nSPS) is 28.2. The van der Waals surface area contributed by atoms with E-state index < -0.39 is 0 Å². The van der Waals surface area contributed by atoms with Gasteiger partial charge in [-0.1, -0.05) is 12.1 Å². The molecule has 1 aromatic carbocycles. The van der Waals surface area contributed by atoms with E-state index >= 15 is 0 Å². The third-order valence-electron chi connectivity index (χ3n) is 5.98. The lowest BCUT2D eigenvalue weighted by atomic mass is 9.83. The highest BCUT2D eigenvalue weighted by Gasteiger charge is 2.42. The van der Waals surface area contributed by atoms with Crippen molar-refractivity contribution in [1.29, 1.82) is 0 Å². The molecule has 6 rings (SSSR count). The van der Waals surface area contributed by atoms with Crippen molar-refractivity contribution in [3.05, 3.63) is 53.9 Å². The highest BCUT2D eigenvalue weighted by Crippen LogP contribution is 2.36. The Kier molecular flexibility index (Phi) is 3.20. The second-order valence-corrected chi connectivity index (χ2v) is 7.25. The van der Waals surface area contributed by atoms with Gasteiger partial charge in [0.2, 0.25) is 0 Å². The second-order valence-electron chi connectivity index (χ2n) is 7.25. The Morgan fingerprint density at radius 2 is 1.79 bits per heavy atom. The zero-order chi connectivity index (χ0) is 16.1. The number of benzene rings is 1. The Hall–Kier alpha value is -2.20. The molecule has 1 atom stereocenters. The molecule has 0 aliphatic carbocycles. The molecule has 3 fully saturated rings.